The number of esters is 1. The van der Waals surface area contributed by atoms with Gasteiger partial charge in [-0.2, -0.15) is 9.11 Å². The molecule has 0 saturated heterocycles. The van der Waals surface area contributed by atoms with Crippen LogP contribution in [0.4, 0.5) is 10.1 Å². The highest BCUT2D eigenvalue weighted by Gasteiger charge is 2.27. The number of hydrogen-bond donors (Lipinski definition) is 2. The molecule has 0 heterocycles. The van der Waals surface area contributed by atoms with E-state index in [2.05, 4.69) is 4.74 Å². The number of halogens is 1. The predicted molar refractivity (Wildman–Crippen MR) is 66.3 cm³/mol. The Morgan fingerprint density at radius 1 is 1.57 bits per heavy atom. The lowest BCUT2D eigenvalue weighted by molar-refractivity contribution is -0.387. The Morgan fingerprint density at radius 2 is 2.19 bits per heavy atom. The highest BCUT2D eigenvalue weighted by molar-refractivity contribution is 7.89. The molecule has 116 valence electrons. The second kappa shape index (κ2) is 6.56. The van der Waals surface area contributed by atoms with Gasteiger partial charge in [-0.25, -0.2) is 8.42 Å². The van der Waals surface area contributed by atoms with E-state index in [9.17, 15) is 27.7 Å². The molecular formula is C10H11FN2O7S. The van der Waals surface area contributed by atoms with Gasteiger partial charge in [-0.15, -0.1) is 0 Å². The molecule has 0 aromatic heterocycles. The lowest BCUT2D eigenvalue weighted by Gasteiger charge is -2.14. The Hall–Kier alpha value is -2.11. The van der Waals surface area contributed by atoms with E-state index in [1.807, 2.05) is 0 Å². The van der Waals surface area contributed by atoms with E-state index in [-0.39, 0.29) is 0 Å². The number of aliphatic hydroxyl groups excluding tert-OH is 1. The average molecular weight is 322 g/mol. The number of nitro groups is 1. The zero-order chi connectivity index (χ0) is 16.2. The van der Waals surface area contributed by atoms with Crippen LogP contribution in [-0.2, 0) is 19.6 Å². The Morgan fingerprint density at radius 3 is 2.62 bits per heavy atom. The molecule has 1 rings (SSSR count). The van der Waals surface area contributed by atoms with Gasteiger partial charge in [0.2, 0.25) is 15.8 Å². The van der Waals surface area contributed by atoms with E-state index in [1.165, 1.54) is 0 Å². The molecule has 21 heavy (non-hydrogen) atoms. The lowest BCUT2D eigenvalue weighted by atomic mass is 10.3. The van der Waals surface area contributed by atoms with Crippen molar-refractivity contribution >= 4 is 21.7 Å². The molecule has 0 bridgehead atoms. The summed E-state index contributed by atoms with van der Waals surface area (Å²) in [7, 11) is -3.37. The molecule has 0 aliphatic carbocycles. The Kier molecular flexibility index (Phi) is 5.29. The summed E-state index contributed by atoms with van der Waals surface area (Å²) in [5.41, 5.74) is -0.888. The van der Waals surface area contributed by atoms with Gasteiger partial charge < -0.3 is 9.84 Å². The Balaban J connectivity index is 3.11. The van der Waals surface area contributed by atoms with Crippen molar-refractivity contribution in [1.82, 2.24) is 4.72 Å². The van der Waals surface area contributed by atoms with Crippen molar-refractivity contribution in [2.45, 2.75) is 10.9 Å². The average Bonchev–Trinajstić information content (AvgIpc) is 2.43. The van der Waals surface area contributed by atoms with Gasteiger partial charge in [0.1, 0.15) is 6.04 Å². The van der Waals surface area contributed by atoms with Crippen molar-refractivity contribution in [3.05, 3.63) is 34.1 Å². The van der Waals surface area contributed by atoms with Crippen LogP contribution in [0.15, 0.2) is 23.1 Å². The number of nitrogens with one attached hydrogen (secondary N) is 1. The van der Waals surface area contributed by atoms with Crippen LogP contribution in [0.2, 0.25) is 0 Å². The number of carbonyl (C=O) groups excluding carboxylic acids is 1. The molecule has 0 radical (unpaired) electrons. The fourth-order valence-corrected chi connectivity index (χ4v) is 2.55. The van der Waals surface area contributed by atoms with Crippen molar-refractivity contribution < 1.29 is 32.4 Å². The minimum Gasteiger partial charge on any atom is -0.468 e. The number of methoxy groups -OCH3 is 1. The Labute approximate surface area is 118 Å². The zero-order valence-electron chi connectivity index (χ0n) is 10.6. The van der Waals surface area contributed by atoms with Gasteiger partial charge in [-0.1, -0.05) is 0 Å². The third-order valence-corrected chi connectivity index (χ3v) is 3.86. The summed E-state index contributed by atoms with van der Waals surface area (Å²) < 4.78 is 43.2. The van der Waals surface area contributed by atoms with Gasteiger partial charge in [-0.3, -0.25) is 14.9 Å². The quantitative estimate of drug-likeness (QED) is 0.411. The first-order valence-corrected chi connectivity index (χ1v) is 6.86. The van der Waals surface area contributed by atoms with Crippen LogP contribution in [0.25, 0.3) is 0 Å². The normalized spacial score (nSPS) is 12.7. The summed E-state index contributed by atoms with van der Waals surface area (Å²) >= 11 is 0. The molecule has 0 aliphatic rings. The number of hydrogen-bond acceptors (Lipinski definition) is 7. The maximum absolute atomic E-state index is 13.4. The molecule has 2 N–H and O–H groups in total. The molecule has 1 unspecified atom stereocenters. The van der Waals surface area contributed by atoms with Crippen molar-refractivity contribution in [2.24, 2.45) is 0 Å². The molecule has 0 saturated carbocycles. The number of benzene rings is 1. The largest absolute Gasteiger partial charge is 0.468 e. The molecule has 0 aliphatic heterocycles. The molecule has 0 amide bonds. The van der Waals surface area contributed by atoms with Crippen LogP contribution >= 0.6 is 0 Å². The van der Waals surface area contributed by atoms with E-state index in [1.54, 1.807) is 4.72 Å². The third-order valence-electron chi connectivity index (χ3n) is 2.39. The molecule has 11 heteroatoms. The van der Waals surface area contributed by atoms with Crippen LogP contribution in [-0.4, -0.2) is 44.2 Å². The first kappa shape index (κ1) is 16.9. The van der Waals surface area contributed by atoms with Gasteiger partial charge in [0, 0.05) is 12.1 Å². The van der Waals surface area contributed by atoms with Gasteiger partial charge >= 0.3 is 11.7 Å². The highest BCUT2D eigenvalue weighted by atomic mass is 32.2. The smallest absolute Gasteiger partial charge is 0.326 e. The number of aliphatic hydroxyl groups is 1. The van der Waals surface area contributed by atoms with Gasteiger partial charge in [0.15, 0.2) is 0 Å². The van der Waals surface area contributed by atoms with Crippen LogP contribution in [0, 0.1) is 15.9 Å². The van der Waals surface area contributed by atoms with E-state index >= 15 is 0 Å². The number of sulfonamides is 1. The number of carbonyl (C=O) groups is 1. The summed E-state index contributed by atoms with van der Waals surface area (Å²) in [5.74, 6) is -2.38. The van der Waals surface area contributed by atoms with Crippen LogP contribution in [0.1, 0.15) is 0 Å². The summed E-state index contributed by atoms with van der Waals surface area (Å²) in [4.78, 5) is 20.0. The zero-order valence-corrected chi connectivity index (χ0v) is 11.5. The SMILES string of the molecule is COC(=O)C(CO)NS(=O)(=O)c1ccc([N+](=O)[O-])c(F)c1. The summed E-state index contributed by atoms with van der Waals surface area (Å²) in [6.45, 7) is -0.874. The third kappa shape index (κ3) is 3.93. The monoisotopic (exact) mass is 322 g/mol. The summed E-state index contributed by atoms with van der Waals surface area (Å²) in [6, 6.07) is 0.343. The standard InChI is InChI=1S/C10H11FN2O7S/c1-20-10(15)8(5-14)12-21(18,19)6-2-3-9(13(16)17)7(11)4-6/h2-4,8,12,14H,5H2,1H3. The molecular weight excluding hydrogens is 311 g/mol. The topological polar surface area (TPSA) is 136 Å². The molecule has 1 aromatic rings. The summed E-state index contributed by atoms with van der Waals surface area (Å²) in [5, 5.41) is 19.4. The predicted octanol–water partition coefficient (Wildman–Crippen LogP) is -0.454. The van der Waals surface area contributed by atoms with Crippen molar-refractivity contribution in [3.8, 4) is 0 Å². The first-order valence-electron chi connectivity index (χ1n) is 5.38. The first-order chi connectivity index (χ1) is 9.72. The van der Waals surface area contributed by atoms with Crippen LogP contribution < -0.4 is 4.72 Å². The summed E-state index contributed by atoms with van der Waals surface area (Å²) in [6.07, 6.45) is 0. The number of ether oxygens (including phenoxy) is 1. The molecule has 1 atom stereocenters. The van der Waals surface area contributed by atoms with E-state index in [0.717, 1.165) is 13.2 Å². The number of nitrogens with zero attached hydrogens (tertiary/aromatic N) is 1. The van der Waals surface area contributed by atoms with Gasteiger partial charge in [0.05, 0.1) is 23.5 Å². The molecule has 9 nitrogen and oxygen atoms in total. The fourth-order valence-electron chi connectivity index (χ4n) is 1.36. The van der Waals surface area contributed by atoms with Crippen molar-refractivity contribution in [1.29, 1.82) is 0 Å². The second-order valence-electron chi connectivity index (χ2n) is 3.75. The van der Waals surface area contributed by atoms with Gasteiger partial charge in [-0.05, 0) is 6.07 Å². The van der Waals surface area contributed by atoms with Crippen molar-refractivity contribution in [2.75, 3.05) is 13.7 Å². The number of nitro benzene ring substituents is 1. The maximum Gasteiger partial charge on any atom is 0.326 e. The fraction of sp³-hybridized carbons (Fsp3) is 0.300. The van der Waals surface area contributed by atoms with E-state index < -0.39 is 50.0 Å². The van der Waals surface area contributed by atoms with E-state index in [4.69, 9.17) is 5.11 Å². The van der Waals surface area contributed by atoms with Crippen LogP contribution in [0.5, 0.6) is 0 Å². The second-order valence-corrected chi connectivity index (χ2v) is 5.46. The molecule has 1 aromatic carbocycles. The van der Waals surface area contributed by atoms with Gasteiger partial charge in [0.25, 0.3) is 0 Å². The molecule has 0 fully saturated rings. The minimum absolute atomic E-state index is 0.437. The number of rotatable bonds is 6. The minimum atomic E-state index is -4.37. The van der Waals surface area contributed by atoms with E-state index in [0.29, 0.717) is 12.1 Å². The highest BCUT2D eigenvalue weighted by Crippen LogP contribution is 2.20. The van der Waals surface area contributed by atoms with Crippen molar-refractivity contribution in [3.63, 3.8) is 0 Å². The lowest BCUT2D eigenvalue weighted by Crippen LogP contribution is -2.43. The Bertz CT molecular complexity index is 661. The molecule has 0 spiro atoms. The van der Waals surface area contributed by atoms with Crippen LogP contribution in [0.3, 0.4) is 0 Å². The maximum atomic E-state index is 13.4.